The lowest BCUT2D eigenvalue weighted by Gasteiger charge is -2.11. The third-order valence-corrected chi connectivity index (χ3v) is 4.64. The molecule has 0 unspecified atom stereocenters. The van der Waals surface area contributed by atoms with Crippen molar-refractivity contribution in [2.45, 2.75) is 19.8 Å². The van der Waals surface area contributed by atoms with Crippen molar-refractivity contribution in [3.8, 4) is 11.1 Å². The summed E-state index contributed by atoms with van der Waals surface area (Å²) < 4.78 is 13.8. The van der Waals surface area contributed by atoms with Crippen LogP contribution in [0.15, 0.2) is 60.7 Å². The third-order valence-electron chi connectivity index (χ3n) is 4.64. The minimum atomic E-state index is -0.331. The van der Waals surface area contributed by atoms with Crippen molar-refractivity contribution < 1.29 is 9.18 Å². The Hall–Kier alpha value is -2.94. The van der Waals surface area contributed by atoms with Gasteiger partial charge < -0.3 is 5.32 Å². The highest BCUT2D eigenvalue weighted by Crippen LogP contribution is 2.42. The molecule has 3 aliphatic rings. The van der Waals surface area contributed by atoms with Gasteiger partial charge >= 0.3 is 0 Å². The molecule has 1 amide bonds. The zero-order chi connectivity index (χ0) is 17.4. The number of anilines is 1. The fourth-order valence-corrected chi connectivity index (χ4v) is 3.56. The van der Waals surface area contributed by atoms with Crippen molar-refractivity contribution in [3.63, 3.8) is 0 Å². The number of carbonyl (C=O) groups excluding carboxylic acids is 1. The van der Waals surface area contributed by atoms with E-state index in [-0.39, 0.29) is 11.7 Å². The number of hydrogen-bond donors (Lipinski definition) is 1. The number of allylic oxidation sites excluding steroid dienone is 1. The maximum absolute atomic E-state index is 13.8. The number of halogens is 1. The summed E-state index contributed by atoms with van der Waals surface area (Å²) in [5, 5.41) is 2.87. The van der Waals surface area contributed by atoms with E-state index in [1.807, 2.05) is 18.2 Å². The number of fused-ring (bicyclic) bond motifs is 2. The minimum absolute atomic E-state index is 0.154. The molecule has 1 aliphatic heterocycles. The lowest BCUT2D eigenvalue weighted by molar-refractivity contribution is -0.110. The SMILES string of the molecule is CCCC(=C1C(=O)Nc2ccc(F)cc21)c1ccc2cccccc1-2. The van der Waals surface area contributed by atoms with Crippen molar-refractivity contribution in [3.05, 3.63) is 77.6 Å². The molecule has 1 aromatic rings. The molecule has 0 saturated carbocycles. The predicted octanol–water partition coefficient (Wildman–Crippen LogP) is 5.59. The monoisotopic (exact) mass is 331 g/mol. The standard InChI is InChI=1S/C22H18FNO/c1-2-6-18(17-11-9-14-7-4-3-5-8-16(14)17)21-19-13-15(23)10-12-20(19)24-22(21)25/h3-5,7-13H,2,6H2,1H3,(H,24,25). The summed E-state index contributed by atoms with van der Waals surface area (Å²) in [4.78, 5) is 12.7. The van der Waals surface area contributed by atoms with E-state index in [1.54, 1.807) is 6.07 Å². The normalized spacial score (nSPS) is 15.2. The van der Waals surface area contributed by atoms with Gasteiger partial charge in [0.25, 0.3) is 5.91 Å². The maximum Gasteiger partial charge on any atom is 0.256 e. The smallest absolute Gasteiger partial charge is 0.256 e. The van der Waals surface area contributed by atoms with Crippen LogP contribution in [0, 0.1) is 5.82 Å². The molecular formula is C22H18FNO. The van der Waals surface area contributed by atoms with E-state index in [0.29, 0.717) is 16.8 Å². The van der Waals surface area contributed by atoms with Gasteiger partial charge in [-0.1, -0.05) is 55.8 Å². The van der Waals surface area contributed by atoms with Crippen LogP contribution in [0.25, 0.3) is 22.3 Å². The molecule has 1 N–H and O–H groups in total. The van der Waals surface area contributed by atoms with Crippen molar-refractivity contribution in [2.24, 2.45) is 0 Å². The van der Waals surface area contributed by atoms with Crippen molar-refractivity contribution in [1.29, 1.82) is 0 Å². The van der Waals surface area contributed by atoms with Crippen LogP contribution in [0.4, 0.5) is 10.1 Å². The Labute approximate surface area is 146 Å². The van der Waals surface area contributed by atoms with Gasteiger partial charge in [0, 0.05) is 11.3 Å². The molecule has 2 aliphatic carbocycles. The number of carbonyl (C=O) groups is 1. The van der Waals surface area contributed by atoms with E-state index < -0.39 is 0 Å². The topological polar surface area (TPSA) is 29.1 Å². The average molecular weight is 331 g/mol. The molecule has 1 heterocycles. The van der Waals surface area contributed by atoms with Crippen molar-refractivity contribution in [2.75, 3.05) is 5.32 Å². The maximum atomic E-state index is 13.8. The van der Waals surface area contributed by atoms with Gasteiger partial charge in [0.05, 0.1) is 5.57 Å². The third kappa shape index (κ3) is 2.62. The summed E-state index contributed by atoms with van der Waals surface area (Å²) in [6, 6.07) is 18.7. The second-order valence-corrected chi connectivity index (χ2v) is 6.27. The first-order chi connectivity index (χ1) is 12.2. The van der Waals surface area contributed by atoms with Gasteiger partial charge in [-0.25, -0.2) is 4.39 Å². The molecule has 0 fully saturated rings. The van der Waals surface area contributed by atoms with E-state index in [0.717, 1.165) is 35.1 Å². The van der Waals surface area contributed by atoms with Gasteiger partial charge in [-0.2, -0.15) is 0 Å². The lowest BCUT2D eigenvalue weighted by Crippen LogP contribution is -2.06. The summed E-state index contributed by atoms with van der Waals surface area (Å²) in [7, 11) is 0. The molecule has 0 aromatic heterocycles. The number of benzene rings is 1. The Morgan fingerprint density at radius 1 is 1.00 bits per heavy atom. The predicted molar refractivity (Wildman–Crippen MR) is 99.8 cm³/mol. The van der Waals surface area contributed by atoms with Crippen molar-refractivity contribution in [1.82, 2.24) is 0 Å². The fourth-order valence-electron chi connectivity index (χ4n) is 3.56. The van der Waals surface area contributed by atoms with Gasteiger partial charge in [-0.15, -0.1) is 0 Å². The Kier molecular flexibility index (Phi) is 3.85. The van der Waals surface area contributed by atoms with E-state index >= 15 is 0 Å². The van der Waals surface area contributed by atoms with Gasteiger partial charge in [0.2, 0.25) is 0 Å². The van der Waals surface area contributed by atoms with Gasteiger partial charge in [-0.3, -0.25) is 4.79 Å². The van der Waals surface area contributed by atoms with Crippen LogP contribution in [-0.2, 0) is 4.79 Å². The highest BCUT2D eigenvalue weighted by molar-refractivity contribution is 6.37. The van der Waals surface area contributed by atoms with Crippen LogP contribution in [0.1, 0.15) is 30.9 Å². The van der Waals surface area contributed by atoms with Crippen LogP contribution in [0.5, 0.6) is 0 Å². The van der Waals surface area contributed by atoms with Gasteiger partial charge in [-0.05, 0) is 46.9 Å². The molecular weight excluding hydrogens is 313 g/mol. The molecule has 25 heavy (non-hydrogen) atoms. The average Bonchev–Trinajstić information content (AvgIpc) is 3.04. The van der Waals surface area contributed by atoms with Gasteiger partial charge in [0.15, 0.2) is 0 Å². The molecule has 0 bridgehead atoms. The highest BCUT2D eigenvalue weighted by Gasteiger charge is 2.29. The van der Waals surface area contributed by atoms with E-state index in [4.69, 9.17) is 0 Å². The largest absolute Gasteiger partial charge is 0.321 e. The summed E-state index contributed by atoms with van der Waals surface area (Å²) in [5.41, 5.74) is 6.20. The lowest BCUT2D eigenvalue weighted by atomic mass is 9.91. The zero-order valence-electron chi connectivity index (χ0n) is 14.0. The van der Waals surface area contributed by atoms with E-state index in [2.05, 4.69) is 36.5 Å². The number of amides is 1. The first kappa shape index (κ1) is 15.6. The molecule has 3 heteroatoms. The molecule has 124 valence electrons. The Morgan fingerprint density at radius 2 is 1.84 bits per heavy atom. The molecule has 0 spiro atoms. The second kappa shape index (κ2) is 6.17. The van der Waals surface area contributed by atoms with Gasteiger partial charge in [0.1, 0.15) is 5.82 Å². The summed E-state index contributed by atoms with van der Waals surface area (Å²) in [6.45, 7) is 2.09. The minimum Gasteiger partial charge on any atom is -0.321 e. The molecule has 1 aromatic carbocycles. The van der Waals surface area contributed by atoms with Crippen molar-refractivity contribution >= 4 is 22.7 Å². The van der Waals surface area contributed by atoms with Crippen LogP contribution in [-0.4, -0.2) is 5.91 Å². The van der Waals surface area contributed by atoms with Crippen LogP contribution >= 0.6 is 0 Å². The van der Waals surface area contributed by atoms with Crippen LogP contribution in [0.2, 0.25) is 0 Å². The highest BCUT2D eigenvalue weighted by atomic mass is 19.1. The summed E-state index contributed by atoms with van der Waals surface area (Å²) in [6.07, 6.45) is 1.67. The molecule has 0 atom stereocenters. The van der Waals surface area contributed by atoms with E-state index in [1.165, 1.54) is 12.1 Å². The number of hydrogen-bond acceptors (Lipinski definition) is 1. The molecule has 0 radical (unpaired) electrons. The summed E-state index contributed by atoms with van der Waals surface area (Å²) in [5.74, 6) is -0.485. The Morgan fingerprint density at radius 3 is 2.68 bits per heavy atom. The first-order valence-electron chi connectivity index (χ1n) is 8.51. The first-order valence-corrected chi connectivity index (χ1v) is 8.51. The fraction of sp³-hybridized carbons (Fsp3) is 0.136. The Bertz CT molecular complexity index is 973. The molecule has 2 nitrogen and oxygen atoms in total. The summed E-state index contributed by atoms with van der Waals surface area (Å²) >= 11 is 0. The quantitative estimate of drug-likeness (QED) is 0.622. The number of rotatable bonds is 3. The van der Waals surface area contributed by atoms with Crippen LogP contribution in [0.3, 0.4) is 0 Å². The Balaban J connectivity index is 1.98. The molecule has 4 rings (SSSR count). The van der Waals surface area contributed by atoms with Crippen LogP contribution < -0.4 is 5.32 Å². The molecule has 0 saturated heterocycles. The zero-order valence-corrected chi connectivity index (χ0v) is 14.0. The number of nitrogens with one attached hydrogen (secondary N) is 1. The van der Waals surface area contributed by atoms with E-state index in [9.17, 15) is 9.18 Å². The second-order valence-electron chi connectivity index (χ2n) is 6.27.